The Morgan fingerprint density at radius 3 is 2.97 bits per heavy atom. The lowest BCUT2D eigenvalue weighted by Crippen LogP contribution is -2.17. The number of nitrogens with zero attached hydrogens (tertiary/aromatic N) is 3. The van der Waals surface area contributed by atoms with Gasteiger partial charge in [-0.05, 0) is 79.3 Å². The van der Waals surface area contributed by atoms with E-state index in [1.165, 1.54) is 11.1 Å². The minimum Gasteiger partial charge on any atom is -0.378 e. The summed E-state index contributed by atoms with van der Waals surface area (Å²) < 4.78 is 0. The highest BCUT2D eigenvalue weighted by molar-refractivity contribution is 5.95. The van der Waals surface area contributed by atoms with E-state index in [9.17, 15) is 5.26 Å². The number of aromatic amines is 1. The van der Waals surface area contributed by atoms with Crippen LogP contribution in [0.3, 0.4) is 0 Å². The fraction of sp³-hybridized carbons (Fsp3) is 0.240. The van der Waals surface area contributed by atoms with E-state index in [4.69, 9.17) is 0 Å². The molecule has 0 spiro atoms. The van der Waals surface area contributed by atoms with Crippen molar-refractivity contribution in [1.82, 2.24) is 15.2 Å². The number of rotatable bonds is 4. The molecular formula is C25H23N5. The molecule has 0 saturated heterocycles. The Bertz CT molecular complexity index is 1260. The van der Waals surface area contributed by atoms with Crippen molar-refractivity contribution in [1.29, 1.82) is 5.26 Å². The van der Waals surface area contributed by atoms with Crippen molar-refractivity contribution >= 4 is 16.6 Å². The Hall–Kier alpha value is -3.65. The minimum atomic E-state index is 0.252. The Balaban J connectivity index is 1.49. The molecule has 2 heterocycles. The quantitative estimate of drug-likeness (QED) is 0.477. The molecule has 0 bridgehead atoms. The summed E-state index contributed by atoms with van der Waals surface area (Å²) in [6.45, 7) is 2.11. The monoisotopic (exact) mass is 393 g/mol. The van der Waals surface area contributed by atoms with Gasteiger partial charge in [-0.25, -0.2) is 0 Å². The van der Waals surface area contributed by atoms with Crippen LogP contribution in [0.1, 0.15) is 48.2 Å². The maximum atomic E-state index is 9.19. The van der Waals surface area contributed by atoms with E-state index in [1.807, 2.05) is 24.4 Å². The molecule has 0 aliphatic heterocycles. The topological polar surface area (TPSA) is 77.4 Å². The van der Waals surface area contributed by atoms with Crippen LogP contribution < -0.4 is 5.32 Å². The lowest BCUT2D eigenvalue weighted by molar-refractivity contribution is 0.600. The van der Waals surface area contributed by atoms with Gasteiger partial charge in [0.1, 0.15) is 5.69 Å². The molecular weight excluding hydrogens is 370 g/mol. The summed E-state index contributed by atoms with van der Waals surface area (Å²) in [6.07, 6.45) is 5.99. The first-order valence-electron chi connectivity index (χ1n) is 10.5. The van der Waals surface area contributed by atoms with Gasteiger partial charge in [-0.1, -0.05) is 13.0 Å². The molecule has 2 N–H and O–H groups in total. The first kappa shape index (κ1) is 18.4. The third-order valence-corrected chi connectivity index (χ3v) is 5.94. The van der Waals surface area contributed by atoms with Crippen molar-refractivity contribution in [2.24, 2.45) is 0 Å². The molecule has 0 unspecified atom stereocenters. The number of nitrogens with one attached hydrogen (secondary N) is 2. The average molecular weight is 393 g/mol. The lowest BCUT2D eigenvalue weighted by atomic mass is 9.86. The summed E-state index contributed by atoms with van der Waals surface area (Å²) in [5.74, 6) is 0. The molecule has 1 aliphatic carbocycles. The van der Waals surface area contributed by atoms with Gasteiger partial charge in [-0.15, -0.1) is 0 Å². The van der Waals surface area contributed by atoms with E-state index in [-0.39, 0.29) is 6.04 Å². The molecule has 2 aromatic carbocycles. The summed E-state index contributed by atoms with van der Waals surface area (Å²) in [6, 6.07) is 19.1. The van der Waals surface area contributed by atoms with E-state index in [2.05, 4.69) is 63.8 Å². The highest BCUT2D eigenvalue weighted by atomic mass is 15.1. The summed E-state index contributed by atoms with van der Waals surface area (Å²) >= 11 is 0. The molecule has 0 amide bonds. The van der Waals surface area contributed by atoms with E-state index in [1.54, 1.807) is 0 Å². The predicted molar refractivity (Wildman–Crippen MR) is 119 cm³/mol. The van der Waals surface area contributed by atoms with Gasteiger partial charge in [0.05, 0.1) is 23.2 Å². The van der Waals surface area contributed by atoms with Gasteiger partial charge in [0.2, 0.25) is 0 Å². The van der Waals surface area contributed by atoms with E-state index in [0.29, 0.717) is 0 Å². The number of hydrogen-bond acceptors (Lipinski definition) is 4. The summed E-state index contributed by atoms with van der Waals surface area (Å²) in [5.41, 5.74) is 8.52. The number of H-pyrrole nitrogens is 1. The second-order valence-electron chi connectivity index (χ2n) is 7.84. The second kappa shape index (κ2) is 7.64. The van der Waals surface area contributed by atoms with Gasteiger partial charge in [-0.3, -0.25) is 10.1 Å². The van der Waals surface area contributed by atoms with E-state index < -0.39 is 0 Å². The molecule has 4 aromatic rings. The fourth-order valence-electron chi connectivity index (χ4n) is 4.38. The highest BCUT2D eigenvalue weighted by Crippen LogP contribution is 2.35. The number of aromatic nitrogens is 3. The first-order chi connectivity index (χ1) is 14.7. The van der Waals surface area contributed by atoms with E-state index in [0.717, 1.165) is 64.8 Å². The van der Waals surface area contributed by atoms with Crippen molar-refractivity contribution in [3.63, 3.8) is 0 Å². The van der Waals surface area contributed by atoms with Crippen molar-refractivity contribution in [2.45, 2.75) is 38.6 Å². The van der Waals surface area contributed by atoms with Crippen LogP contribution in [0.2, 0.25) is 0 Å². The summed E-state index contributed by atoms with van der Waals surface area (Å²) in [5, 5.41) is 21.7. The van der Waals surface area contributed by atoms with Crippen LogP contribution in [0.5, 0.6) is 0 Å². The van der Waals surface area contributed by atoms with Gasteiger partial charge in [0.15, 0.2) is 0 Å². The van der Waals surface area contributed by atoms with Crippen LogP contribution in [0.25, 0.3) is 22.2 Å². The van der Waals surface area contributed by atoms with E-state index >= 15 is 0 Å². The number of benzene rings is 2. The zero-order valence-corrected chi connectivity index (χ0v) is 16.9. The molecule has 30 heavy (non-hydrogen) atoms. The highest BCUT2D eigenvalue weighted by Gasteiger charge is 2.21. The van der Waals surface area contributed by atoms with Gasteiger partial charge < -0.3 is 5.32 Å². The zero-order valence-electron chi connectivity index (χ0n) is 16.9. The summed E-state index contributed by atoms with van der Waals surface area (Å²) in [7, 11) is 0. The average Bonchev–Trinajstić information content (AvgIpc) is 3.22. The maximum absolute atomic E-state index is 9.19. The van der Waals surface area contributed by atoms with Crippen LogP contribution in [-0.4, -0.2) is 15.2 Å². The van der Waals surface area contributed by atoms with Crippen LogP contribution in [0.15, 0.2) is 54.7 Å². The molecule has 5 nitrogen and oxygen atoms in total. The Morgan fingerprint density at radius 1 is 1.17 bits per heavy atom. The standard InChI is InChI=1S/C25H23N5/c1-2-19-13-18(10-11-27-19)25-22-14-20(7-9-24(22)29-30-25)28-23-5-3-4-17-12-16(15-26)6-8-21(17)23/h6-14,23,28H,2-5H2,1H3,(H,29,30)/t23-/m1/s1. The molecule has 2 aromatic heterocycles. The number of hydrogen-bond donors (Lipinski definition) is 2. The van der Waals surface area contributed by atoms with Crippen molar-refractivity contribution in [2.75, 3.05) is 5.32 Å². The number of nitriles is 1. The second-order valence-corrected chi connectivity index (χ2v) is 7.84. The third kappa shape index (κ3) is 3.31. The number of anilines is 1. The predicted octanol–water partition coefficient (Wildman–Crippen LogP) is 5.55. The number of pyridine rings is 1. The van der Waals surface area contributed by atoms with Crippen LogP contribution >= 0.6 is 0 Å². The largest absolute Gasteiger partial charge is 0.378 e. The Morgan fingerprint density at radius 2 is 2.10 bits per heavy atom. The smallest absolute Gasteiger partial charge is 0.100 e. The lowest BCUT2D eigenvalue weighted by Gasteiger charge is -2.27. The molecule has 148 valence electrons. The van der Waals surface area contributed by atoms with Crippen molar-refractivity contribution < 1.29 is 0 Å². The molecule has 1 atom stereocenters. The fourth-order valence-corrected chi connectivity index (χ4v) is 4.38. The first-order valence-corrected chi connectivity index (χ1v) is 10.5. The van der Waals surface area contributed by atoms with Gasteiger partial charge in [0, 0.05) is 28.5 Å². The third-order valence-electron chi connectivity index (χ3n) is 5.94. The normalized spacial score (nSPS) is 15.5. The molecule has 0 fully saturated rings. The van der Waals surface area contributed by atoms with Crippen molar-refractivity contribution in [3.05, 3.63) is 77.1 Å². The molecule has 0 saturated carbocycles. The molecule has 5 rings (SSSR count). The van der Waals surface area contributed by atoms with Gasteiger partial charge >= 0.3 is 0 Å². The zero-order chi connectivity index (χ0) is 20.5. The SMILES string of the molecule is CCc1cc(-c2n[nH]c3ccc(N[C@@H]4CCCc5cc(C#N)ccc54)cc23)ccn1. The molecule has 5 heteroatoms. The van der Waals surface area contributed by atoms with Crippen LogP contribution in [0, 0.1) is 11.3 Å². The molecule has 1 aliphatic rings. The minimum absolute atomic E-state index is 0.252. The van der Waals surface area contributed by atoms with Crippen LogP contribution in [0.4, 0.5) is 5.69 Å². The van der Waals surface area contributed by atoms with Gasteiger partial charge in [0.25, 0.3) is 0 Å². The van der Waals surface area contributed by atoms with Gasteiger partial charge in [-0.2, -0.15) is 10.4 Å². The summed E-state index contributed by atoms with van der Waals surface area (Å²) in [4.78, 5) is 4.41. The van der Waals surface area contributed by atoms with Crippen molar-refractivity contribution in [3.8, 4) is 17.3 Å². The number of fused-ring (bicyclic) bond motifs is 2. The Labute approximate surface area is 175 Å². The molecule has 0 radical (unpaired) electrons. The Kier molecular flexibility index (Phi) is 4.68. The maximum Gasteiger partial charge on any atom is 0.100 e. The van der Waals surface area contributed by atoms with Crippen LogP contribution in [-0.2, 0) is 12.8 Å². The number of aryl methyl sites for hydroxylation is 2.